The van der Waals surface area contributed by atoms with Gasteiger partial charge in [0.2, 0.25) is 0 Å². The first-order valence-electron chi connectivity index (χ1n) is 7.77. The summed E-state index contributed by atoms with van der Waals surface area (Å²) in [5.41, 5.74) is 2.74. The maximum absolute atomic E-state index is 13.1. The van der Waals surface area contributed by atoms with Gasteiger partial charge in [-0.1, -0.05) is 30.3 Å². The summed E-state index contributed by atoms with van der Waals surface area (Å²) in [6, 6.07) is 13.0. The number of fused-ring (bicyclic) bond motifs is 1. The second-order valence-corrected chi connectivity index (χ2v) is 5.78. The average molecular weight is 337 g/mol. The van der Waals surface area contributed by atoms with Gasteiger partial charge in [0.15, 0.2) is 6.19 Å². The summed E-state index contributed by atoms with van der Waals surface area (Å²) in [6.45, 7) is 0.546. The van der Waals surface area contributed by atoms with E-state index in [0.29, 0.717) is 6.54 Å². The topological polar surface area (TPSA) is 78.0 Å². The van der Waals surface area contributed by atoms with E-state index < -0.39 is 12.0 Å². The highest BCUT2D eigenvalue weighted by Crippen LogP contribution is 2.24. The minimum absolute atomic E-state index is 0.194. The molecule has 2 N–H and O–H groups in total. The van der Waals surface area contributed by atoms with E-state index in [-0.39, 0.29) is 12.2 Å². The molecular weight excluding hydrogens is 321 g/mol. The Kier molecular flexibility index (Phi) is 4.66. The number of nitrogens with one attached hydrogen (secondary N) is 1. The number of rotatable bonds is 6. The summed E-state index contributed by atoms with van der Waals surface area (Å²) < 4.78 is 15.1. The van der Waals surface area contributed by atoms with E-state index in [0.717, 1.165) is 22.0 Å². The summed E-state index contributed by atoms with van der Waals surface area (Å²) in [7, 11) is 0. The SMILES string of the molecule is N#CNC(Cc1cn(Cc2ccc(F)cc2)c2ccccc12)C(=O)O. The zero-order chi connectivity index (χ0) is 17.8. The molecule has 6 heteroatoms. The molecule has 2 aromatic carbocycles. The molecule has 1 atom stereocenters. The molecule has 0 aliphatic carbocycles. The molecule has 0 spiro atoms. The van der Waals surface area contributed by atoms with Crippen LogP contribution in [0.5, 0.6) is 0 Å². The predicted molar refractivity (Wildman–Crippen MR) is 91.3 cm³/mol. The molecule has 0 fully saturated rings. The van der Waals surface area contributed by atoms with E-state index >= 15 is 0 Å². The van der Waals surface area contributed by atoms with Crippen molar-refractivity contribution in [1.29, 1.82) is 5.26 Å². The van der Waals surface area contributed by atoms with Crippen LogP contribution in [0.25, 0.3) is 10.9 Å². The number of aromatic nitrogens is 1. The molecule has 1 aromatic heterocycles. The maximum Gasteiger partial charge on any atom is 0.327 e. The van der Waals surface area contributed by atoms with Crippen molar-refractivity contribution in [3.8, 4) is 6.19 Å². The first-order chi connectivity index (χ1) is 12.1. The fourth-order valence-electron chi connectivity index (χ4n) is 2.90. The molecule has 0 amide bonds. The van der Waals surface area contributed by atoms with Crippen molar-refractivity contribution in [3.05, 3.63) is 71.7 Å². The van der Waals surface area contributed by atoms with E-state index in [2.05, 4.69) is 5.32 Å². The lowest BCUT2D eigenvalue weighted by molar-refractivity contribution is -0.139. The summed E-state index contributed by atoms with van der Waals surface area (Å²) >= 11 is 0. The first-order valence-corrected chi connectivity index (χ1v) is 7.77. The standard InChI is InChI=1S/C19H16FN3O2/c20-15-7-5-13(6-8-15)10-23-11-14(9-17(19(24)25)22-12-21)16-3-1-2-4-18(16)23/h1-8,11,17,22H,9-10H2,(H,24,25). The Morgan fingerprint density at radius 3 is 2.64 bits per heavy atom. The summed E-state index contributed by atoms with van der Waals surface area (Å²) in [4.78, 5) is 11.3. The van der Waals surface area contributed by atoms with Crippen LogP contribution in [0.4, 0.5) is 4.39 Å². The molecular formula is C19H16FN3O2. The monoisotopic (exact) mass is 337 g/mol. The van der Waals surface area contributed by atoms with Gasteiger partial charge in [-0.2, -0.15) is 5.26 Å². The molecule has 0 aliphatic heterocycles. The van der Waals surface area contributed by atoms with Crippen LogP contribution in [0, 0.1) is 17.3 Å². The van der Waals surface area contributed by atoms with Crippen molar-refractivity contribution in [1.82, 2.24) is 9.88 Å². The largest absolute Gasteiger partial charge is 0.480 e. The van der Waals surface area contributed by atoms with Crippen molar-refractivity contribution >= 4 is 16.9 Å². The third kappa shape index (κ3) is 3.61. The van der Waals surface area contributed by atoms with Crippen LogP contribution in [-0.4, -0.2) is 21.7 Å². The molecule has 3 aromatic rings. The van der Waals surface area contributed by atoms with Crippen molar-refractivity contribution < 1.29 is 14.3 Å². The number of carboxylic acid groups (broad SMARTS) is 1. The fraction of sp³-hybridized carbons (Fsp3) is 0.158. The molecule has 1 heterocycles. The molecule has 0 bridgehead atoms. The van der Waals surface area contributed by atoms with Crippen LogP contribution in [0.2, 0.25) is 0 Å². The molecule has 0 saturated carbocycles. The second-order valence-electron chi connectivity index (χ2n) is 5.78. The number of benzene rings is 2. The lowest BCUT2D eigenvalue weighted by Gasteiger charge is -2.09. The van der Waals surface area contributed by atoms with Crippen LogP contribution >= 0.6 is 0 Å². The average Bonchev–Trinajstić information content (AvgIpc) is 2.94. The first kappa shape index (κ1) is 16.5. The lowest BCUT2D eigenvalue weighted by Crippen LogP contribution is -2.35. The number of nitriles is 1. The number of carbonyl (C=O) groups is 1. The van der Waals surface area contributed by atoms with Crippen LogP contribution in [0.1, 0.15) is 11.1 Å². The number of hydrogen-bond donors (Lipinski definition) is 2. The van der Waals surface area contributed by atoms with Gasteiger partial charge in [-0.3, -0.25) is 0 Å². The van der Waals surface area contributed by atoms with Crippen molar-refractivity contribution in [2.24, 2.45) is 0 Å². The summed E-state index contributed by atoms with van der Waals surface area (Å²) in [6.07, 6.45) is 3.78. The van der Waals surface area contributed by atoms with E-state index in [4.69, 9.17) is 5.26 Å². The van der Waals surface area contributed by atoms with E-state index in [1.54, 1.807) is 18.3 Å². The molecule has 126 valence electrons. The van der Waals surface area contributed by atoms with Gasteiger partial charge in [0, 0.05) is 30.1 Å². The zero-order valence-corrected chi connectivity index (χ0v) is 13.3. The molecule has 3 rings (SSSR count). The van der Waals surface area contributed by atoms with Gasteiger partial charge in [0.1, 0.15) is 11.9 Å². The summed E-state index contributed by atoms with van der Waals surface area (Å²) in [5.74, 6) is -1.36. The van der Waals surface area contributed by atoms with Gasteiger partial charge in [-0.25, -0.2) is 9.18 Å². The van der Waals surface area contributed by atoms with Gasteiger partial charge in [-0.15, -0.1) is 0 Å². The third-order valence-electron chi connectivity index (χ3n) is 4.10. The normalized spacial score (nSPS) is 11.8. The van der Waals surface area contributed by atoms with Crippen LogP contribution in [0.15, 0.2) is 54.7 Å². The second kappa shape index (κ2) is 7.05. The van der Waals surface area contributed by atoms with Crippen LogP contribution in [-0.2, 0) is 17.8 Å². The number of aliphatic carboxylic acids is 1. The Balaban J connectivity index is 1.96. The Bertz CT molecular complexity index is 941. The summed E-state index contributed by atoms with van der Waals surface area (Å²) in [5, 5.41) is 21.2. The van der Waals surface area contributed by atoms with Gasteiger partial charge in [0.05, 0.1) is 0 Å². The Morgan fingerprint density at radius 2 is 1.96 bits per heavy atom. The van der Waals surface area contributed by atoms with Gasteiger partial charge in [0.25, 0.3) is 0 Å². The van der Waals surface area contributed by atoms with Crippen molar-refractivity contribution in [3.63, 3.8) is 0 Å². The Hall–Kier alpha value is -3.33. The number of hydrogen-bond acceptors (Lipinski definition) is 3. The number of halogens is 1. The highest BCUT2D eigenvalue weighted by Gasteiger charge is 2.20. The molecule has 0 radical (unpaired) electrons. The van der Waals surface area contributed by atoms with E-state index in [9.17, 15) is 14.3 Å². The smallest absolute Gasteiger partial charge is 0.327 e. The van der Waals surface area contributed by atoms with Crippen LogP contribution in [0.3, 0.4) is 0 Å². The maximum atomic E-state index is 13.1. The van der Waals surface area contributed by atoms with Gasteiger partial charge in [-0.05, 0) is 29.3 Å². The molecule has 25 heavy (non-hydrogen) atoms. The number of carboxylic acids is 1. The molecule has 5 nitrogen and oxygen atoms in total. The van der Waals surface area contributed by atoms with E-state index in [1.165, 1.54) is 12.1 Å². The Labute approximate surface area is 143 Å². The third-order valence-corrected chi connectivity index (χ3v) is 4.10. The number of para-hydroxylation sites is 1. The van der Waals surface area contributed by atoms with Crippen LogP contribution < -0.4 is 5.32 Å². The molecule has 0 aliphatic rings. The quantitative estimate of drug-likeness (QED) is 0.535. The highest BCUT2D eigenvalue weighted by molar-refractivity contribution is 5.85. The lowest BCUT2D eigenvalue weighted by atomic mass is 10.1. The number of nitrogens with zero attached hydrogens (tertiary/aromatic N) is 2. The molecule has 0 saturated heterocycles. The van der Waals surface area contributed by atoms with Crippen molar-refractivity contribution in [2.75, 3.05) is 0 Å². The van der Waals surface area contributed by atoms with E-state index in [1.807, 2.05) is 35.0 Å². The molecule has 1 unspecified atom stereocenters. The minimum atomic E-state index is -1.07. The highest BCUT2D eigenvalue weighted by atomic mass is 19.1. The predicted octanol–water partition coefficient (Wildman–Crippen LogP) is 2.90. The van der Waals surface area contributed by atoms with Crippen molar-refractivity contribution in [2.45, 2.75) is 19.0 Å². The zero-order valence-electron chi connectivity index (χ0n) is 13.3. The van der Waals surface area contributed by atoms with Gasteiger partial charge < -0.3 is 15.0 Å². The van der Waals surface area contributed by atoms with Gasteiger partial charge >= 0.3 is 5.97 Å². The Morgan fingerprint density at radius 1 is 1.24 bits per heavy atom. The minimum Gasteiger partial charge on any atom is -0.480 e. The fourth-order valence-corrected chi connectivity index (χ4v) is 2.90.